The molecule has 0 radical (unpaired) electrons. The van der Waals surface area contributed by atoms with Crippen LogP contribution in [0.3, 0.4) is 0 Å². The van der Waals surface area contributed by atoms with E-state index in [1.807, 2.05) is 18.2 Å². The molecule has 0 spiro atoms. The van der Waals surface area contributed by atoms with Gasteiger partial charge in [-0.05, 0) is 47.4 Å². The van der Waals surface area contributed by atoms with Gasteiger partial charge in [0.2, 0.25) is 0 Å². The summed E-state index contributed by atoms with van der Waals surface area (Å²) in [5.41, 5.74) is 3.75. The van der Waals surface area contributed by atoms with Gasteiger partial charge in [-0.3, -0.25) is 9.80 Å². The predicted octanol–water partition coefficient (Wildman–Crippen LogP) is 4.13. The smallest absolute Gasteiger partial charge is 0.409 e. The van der Waals surface area contributed by atoms with Crippen molar-refractivity contribution in [2.75, 3.05) is 52.4 Å². The topological polar surface area (TPSA) is 36.0 Å². The molecule has 3 aliphatic rings. The molecule has 5 rings (SSSR count). The second-order valence-electron chi connectivity index (χ2n) is 8.61. The van der Waals surface area contributed by atoms with E-state index in [0.717, 1.165) is 56.3 Å². The molecular weight excluding hydrogens is 417 g/mol. The van der Waals surface area contributed by atoms with E-state index in [4.69, 9.17) is 16.3 Å². The number of halogens is 2. The van der Waals surface area contributed by atoms with Gasteiger partial charge >= 0.3 is 6.09 Å². The summed E-state index contributed by atoms with van der Waals surface area (Å²) < 4.78 is 18.5. The van der Waals surface area contributed by atoms with Gasteiger partial charge in [0, 0.05) is 56.3 Å². The Morgan fingerprint density at radius 3 is 2.45 bits per heavy atom. The van der Waals surface area contributed by atoms with E-state index in [-0.39, 0.29) is 17.8 Å². The Balaban J connectivity index is 1.25. The molecule has 2 heterocycles. The van der Waals surface area contributed by atoms with Crippen molar-refractivity contribution in [3.05, 3.63) is 70.0 Å². The molecule has 2 aromatic rings. The van der Waals surface area contributed by atoms with E-state index in [1.165, 1.54) is 11.1 Å². The fraction of sp³-hybridized carbons (Fsp3) is 0.458. The molecule has 7 heteroatoms. The highest BCUT2D eigenvalue weighted by atomic mass is 35.5. The Bertz CT molecular complexity index is 946. The molecule has 5 nitrogen and oxygen atoms in total. The van der Waals surface area contributed by atoms with Gasteiger partial charge in [-0.2, -0.15) is 0 Å². The van der Waals surface area contributed by atoms with E-state index >= 15 is 0 Å². The van der Waals surface area contributed by atoms with Crippen LogP contribution < -0.4 is 0 Å². The third-order valence-corrected chi connectivity index (χ3v) is 7.13. The van der Waals surface area contributed by atoms with Crippen LogP contribution in [0, 0.1) is 5.82 Å². The molecule has 1 amide bonds. The molecular formula is C24H27ClFN3O2. The lowest BCUT2D eigenvalue weighted by Crippen LogP contribution is -2.49. The molecule has 2 aliphatic heterocycles. The monoisotopic (exact) mass is 443 g/mol. The van der Waals surface area contributed by atoms with Crippen molar-refractivity contribution < 1.29 is 13.9 Å². The fourth-order valence-electron chi connectivity index (χ4n) is 5.17. The van der Waals surface area contributed by atoms with Crippen LogP contribution in [0.1, 0.15) is 35.1 Å². The molecule has 0 saturated carbocycles. The molecule has 2 atom stereocenters. The van der Waals surface area contributed by atoms with E-state index in [9.17, 15) is 9.18 Å². The number of rotatable bonds is 5. The quantitative estimate of drug-likeness (QED) is 0.696. The number of amides is 1. The van der Waals surface area contributed by atoms with Crippen molar-refractivity contribution >= 4 is 17.7 Å². The van der Waals surface area contributed by atoms with E-state index in [2.05, 4.69) is 21.9 Å². The minimum Gasteiger partial charge on any atom is -0.448 e. The summed E-state index contributed by atoms with van der Waals surface area (Å²) in [5.74, 6) is 0.0291. The highest BCUT2D eigenvalue weighted by molar-refractivity contribution is 6.30. The summed E-state index contributed by atoms with van der Waals surface area (Å²) >= 11 is 6.34. The Kier molecular flexibility index (Phi) is 5.87. The Morgan fingerprint density at radius 2 is 1.74 bits per heavy atom. The molecule has 31 heavy (non-hydrogen) atoms. The number of piperazine rings is 1. The highest BCUT2D eigenvalue weighted by Crippen LogP contribution is 2.47. The Hall–Kier alpha value is -2.15. The van der Waals surface area contributed by atoms with Crippen LogP contribution in [0.2, 0.25) is 5.02 Å². The highest BCUT2D eigenvalue weighted by Gasteiger charge is 2.36. The summed E-state index contributed by atoms with van der Waals surface area (Å²) in [6, 6.07) is 13.4. The number of benzene rings is 2. The fourth-order valence-corrected chi connectivity index (χ4v) is 5.35. The summed E-state index contributed by atoms with van der Waals surface area (Å²) in [6.45, 7) is 6.79. The summed E-state index contributed by atoms with van der Waals surface area (Å²) in [7, 11) is 0. The molecule has 0 unspecified atom stereocenters. The molecule has 2 saturated heterocycles. The van der Waals surface area contributed by atoms with Crippen LogP contribution in [0.15, 0.2) is 42.5 Å². The first-order valence-corrected chi connectivity index (χ1v) is 11.4. The van der Waals surface area contributed by atoms with Gasteiger partial charge in [0.1, 0.15) is 12.4 Å². The largest absolute Gasteiger partial charge is 0.448 e. The van der Waals surface area contributed by atoms with Gasteiger partial charge in [0.25, 0.3) is 0 Å². The zero-order valence-corrected chi connectivity index (χ0v) is 18.2. The maximum atomic E-state index is 13.5. The molecule has 0 bridgehead atoms. The van der Waals surface area contributed by atoms with Crippen LogP contribution in [0.4, 0.5) is 9.18 Å². The number of carbonyl (C=O) groups is 1. The normalized spacial score (nSPS) is 24.5. The van der Waals surface area contributed by atoms with Crippen LogP contribution >= 0.6 is 11.6 Å². The average Bonchev–Trinajstić information content (AvgIpc) is 3.36. The van der Waals surface area contributed by atoms with Crippen LogP contribution in [-0.4, -0.2) is 73.2 Å². The minimum atomic E-state index is -0.206. The van der Waals surface area contributed by atoms with Crippen LogP contribution in [-0.2, 0) is 4.74 Å². The van der Waals surface area contributed by atoms with Crippen molar-refractivity contribution in [3.63, 3.8) is 0 Å². The van der Waals surface area contributed by atoms with Crippen molar-refractivity contribution in [2.24, 2.45) is 0 Å². The number of hydrogen-bond donors (Lipinski definition) is 0. The first kappa shape index (κ1) is 20.7. The zero-order valence-electron chi connectivity index (χ0n) is 17.5. The lowest BCUT2D eigenvalue weighted by Gasteiger charge is -2.38. The number of fused-ring (bicyclic) bond motifs is 1. The van der Waals surface area contributed by atoms with Gasteiger partial charge in [0.15, 0.2) is 0 Å². The second kappa shape index (κ2) is 8.77. The third kappa shape index (κ3) is 4.29. The summed E-state index contributed by atoms with van der Waals surface area (Å²) in [4.78, 5) is 18.4. The number of carbonyl (C=O) groups excluding carboxylic acids is 1. The molecule has 2 aromatic carbocycles. The predicted molar refractivity (Wildman–Crippen MR) is 118 cm³/mol. The van der Waals surface area contributed by atoms with Gasteiger partial charge < -0.3 is 9.64 Å². The Morgan fingerprint density at radius 1 is 0.968 bits per heavy atom. The third-order valence-electron chi connectivity index (χ3n) is 6.89. The second-order valence-corrected chi connectivity index (χ2v) is 9.04. The van der Waals surface area contributed by atoms with Crippen molar-refractivity contribution in [2.45, 2.75) is 18.4 Å². The lowest BCUT2D eigenvalue weighted by molar-refractivity contribution is 0.0893. The van der Waals surface area contributed by atoms with Crippen LogP contribution in [0.25, 0.3) is 0 Å². The van der Waals surface area contributed by atoms with Gasteiger partial charge in [-0.1, -0.05) is 29.8 Å². The number of cyclic esters (lactones) is 1. The van der Waals surface area contributed by atoms with E-state index < -0.39 is 0 Å². The summed E-state index contributed by atoms with van der Waals surface area (Å²) in [6.07, 6.45) is 0.799. The van der Waals surface area contributed by atoms with Gasteiger partial charge in [-0.25, -0.2) is 9.18 Å². The number of hydrogen-bond acceptors (Lipinski definition) is 4. The van der Waals surface area contributed by atoms with Gasteiger partial charge in [0.05, 0.1) is 6.54 Å². The first-order valence-electron chi connectivity index (χ1n) is 11.0. The van der Waals surface area contributed by atoms with Crippen LogP contribution in [0.5, 0.6) is 0 Å². The summed E-state index contributed by atoms with van der Waals surface area (Å²) in [5, 5.41) is 0.747. The molecule has 2 fully saturated rings. The standard InChI is InChI=1S/C24H27ClFN3O2/c25-18-3-6-20-22(15-18)21(17-1-4-19(26)5-2-17)16-23(20)28-10-7-27(8-11-28)9-12-29-13-14-31-24(29)30/h1-6,15,21,23H,7-14,16H2/t21-,23+/m0/s1. The van der Waals surface area contributed by atoms with Gasteiger partial charge in [-0.15, -0.1) is 0 Å². The first-order chi connectivity index (χ1) is 15.1. The molecule has 0 aromatic heterocycles. The number of ether oxygens (including phenoxy) is 1. The average molecular weight is 444 g/mol. The maximum Gasteiger partial charge on any atom is 0.409 e. The molecule has 1 aliphatic carbocycles. The maximum absolute atomic E-state index is 13.5. The van der Waals surface area contributed by atoms with E-state index in [0.29, 0.717) is 19.2 Å². The van der Waals surface area contributed by atoms with Crippen molar-refractivity contribution in [1.82, 2.24) is 14.7 Å². The zero-order chi connectivity index (χ0) is 21.4. The Labute approximate surface area is 187 Å². The molecule has 164 valence electrons. The lowest BCUT2D eigenvalue weighted by atomic mass is 9.93. The minimum absolute atomic E-state index is 0.188. The number of nitrogens with zero attached hydrogens (tertiary/aromatic N) is 3. The van der Waals surface area contributed by atoms with E-state index in [1.54, 1.807) is 17.0 Å². The van der Waals surface area contributed by atoms with Crippen molar-refractivity contribution in [3.8, 4) is 0 Å². The van der Waals surface area contributed by atoms with Crippen molar-refractivity contribution in [1.29, 1.82) is 0 Å². The molecule has 0 N–H and O–H groups in total. The SMILES string of the molecule is O=C1OCCN1CCN1CCN([C@@H]2C[C@@H](c3ccc(F)cc3)c3cc(Cl)ccc32)CC1.